The van der Waals surface area contributed by atoms with Gasteiger partial charge < -0.3 is 10.5 Å². The smallest absolute Gasteiger partial charge is 0.123 e. The molecule has 0 amide bonds. The van der Waals surface area contributed by atoms with Gasteiger partial charge in [0.05, 0.1) is 0 Å². The Labute approximate surface area is 96.8 Å². The van der Waals surface area contributed by atoms with Gasteiger partial charge in [-0.3, -0.25) is 0 Å². The molecule has 84 valence electrons. The molecule has 2 rings (SSSR count). The van der Waals surface area contributed by atoms with Crippen LogP contribution in [0.15, 0.2) is 24.3 Å². The fraction of sp³-hybridized carbons (Fsp3) is 0.429. The standard InChI is InChI=1S/C14H17NO/c1-2-3-4-8-12(15)14-10-11-7-5-6-9-13(11)16-14/h1,5-7,9,12,14H,3-4,8,10,15H2. The lowest BCUT2D eigenvalue weighted by Gasteiger charge is -2.18. The van der Waals surface area contributed by atoms with Crippen molar-refractivity contribution in [2.24, 2.45) is 5.73 Å². The topological polar surface area (TPSA) is 35.2 Å². The molecular weight excluding hydrogens is 198 g/mol. The fourth-order valence-electron chi connectivity index (χ4n) is 2.07. The van der Waals surface area contributed by atoms with E-state index in [0.29, 0.717) is 0 Å². The predicted octanol–water partition coefficient (Wildman–Crippen LogP) is 2.12. The molecule has 0 radical (unpaired) electrons. The number of hydrogen-bond acceptors (Lipinski definition) is 2. The van der Waals surface area contributed by atoms with Crippen LogP contribution < -0.4 is 10.5 Å². The van der Waals surface area contributed by atoms with E-state index in [1.807, 2.05) is 18.2 Å². The minimum atomic E-state index is 0.0840. The molecule has 1 aromatic carbocycles. The zero-order valence-electron chi connectivity index (χ0n) is 9.36. The van der Waals surface area contributed by atoms with Crippen molar-refractivity contribution in [2.75, 3.05) is 0 Å². The molecule has 0 spiro atoms. The van der Waals surface area contributed by atoms with Gasteiger partial charge in [0.25, 0.3) is 0 Å². The van der Waals surface area contributed by atoms with Gasteiger partial charge in [-0.2, -0.15) is 0 Å². The van der Waals surface area contributed by atoms with E-state index in [-0.39, 0.29) is 12.1 Å². The second kappa shape index (κ2) is 5.05. The average molecular weight is 215 g/mol. The SMILES string of the molecule is C#CCCCC(N)C1Cc2ccccc2O1. The molecule has 0 bridgehead atoms. The molecule has 1 heterocycles. The second-order valence-electron chi connectivity index (χ2n) is 4.23. The molecule has 1 aromatic rings. The molecule has 1 aliphatic heterocycles. The van der Waals surface area contributed by atoms with Crippen LogP contribution in [0.4, 0.5) is 0 Å². The number of nitrogens with two attached hydrogens (primary N) is 1. The van der Waals surface area contributed by atoms with E-state index < -0.39 is 0 Å². The van der Waals surface area contributed by atoms with Crippen LogP contribution in [0.5, 0.6) is 5.75 Å². The van der Waals surface area contributed by atoms with Crippen LogP contribution >= 0.6 is 0 Å². The normalized spacial score (nSPS) is 19.6. The summed E-state index contributed by atoms with van der Waals surface area (Å²) in [6.07, 6.45) is 8.97. The maximum absolute atomic E-state index is 6.11. The van der Waals surface area contributed by atoms with Crippen LogP contribution in [0.1, 0.15) is 24.8 Å². The van der Waals surface area contributed by atoms with Gasteiger partial charge in [-0.25, -0.2) is 0 Å². The van der Waals surface area contributed by atoms with Crippen molar-refractivity contribution in [3.05, 3.63) is 29.8 Å². The number of rotatable bonds is 4. The Bertz CT molecular complexity index is 369. The molecule has 2 heteroatoms. The number of terminal acetylenes is 1. The van der Waals surface area contributed by atoms with Crippen LogP contribution in [-0.2, 0) is 6.42 Å². The Morgan fingerprint density at radius 1 is 1.50 bits per heavy atom. The van der Waals surface area contributed by atoms with Crippen LogP contribution in [0.3, 0.4) is 0 Å². The first-order valence-corrected chi connectivity index (χ1v) is 5.75. The minimum absolute atomic E-state index is 0.0840. The highest BCUT2D eigenvalue weighted by Crippen LogP contribution is 2.29. The van der Waals surface area contributed by atoms with E-state index in [4.69, 9.17) is 16.9 Å². The molecule has 2 N–H and O–H groups in total. The number of unbranched alkanes of at least 4 members (excludes halogenated alkanes) is 1. The first-order valence-electron chi connectivity index (χ1n) is 5.75. The van der Waals surface area contributed by atoms with Gasteiger partial charge in [-0.15, -0.1) is 12.3 Å². The third-order valence-corrected chi connectivity index (χ3v) is 3.01. The molecule has 2 nitrogen and oxygen atoms in total. The van der Waals surface area contributed by atoms with E-state index >= 15 is 0 Å². The van der Waals surface area contributed by atoms with Crippen LogP contribution in [-0.4, -0.2) is 12.1 Å². The summed E-state index contributed by atoms with van der Waals surface area (Å²) in [4.78, 5) is 0. The largest absolute Gasteiger partial charge is 0.488 e. The summed E-state index contributed by atoms with van der Waals surface area (Å²) < 4.78 is 5.82. The quantitative estimate of drug-likeness (QED) is 0.617. The third kappa shape index (κ3) is 2.37. The number of hydrogen-bond donors (Lipinski definition) is 1. The lowest BCUT2D eigenvalue weighted by molar-refractivity contribution is 0.192. The molecule has 2 atom stereocenters. The molecular formula is C14H17NO. The summed E-state index contributed by atoms with van der Waals surface area (Å²) >= 11 is 0. The third-order valence-electron chi connectivity index (χ3n) is 3.01. The summed E-state index contributed by atoms with van der Waals surface area (Å²) in [6, 6.07) is 8.22. The number of ether oxygens (including phenoxy) is 1. The van der Waals surface area contributed by atoms with Gasteiger partial charge in [0.1, 0.15) is 11.9 Å². The Morgan fingerprint density at radius 3 is 3.06 bits per heavy atom. The van der Waals surface area contributed by atoms with E-state index in [1.165, 1.54) is 5.56 Å². The molecule has 0 saturated heterocycles. The maximum atomic E-state index is 6.11. The summed E-state index contributed by atoms with van der Waals surface area (Å²) in [5.74, 6) is 3.62. The zero-order chi connectivity index (χ0) is 11.4. The second-order valence-corrected chi connectivity index (χ2v) is 4.23. The summed E-state index contributed by atoms with van der Waals surface area (Å²) in [6.45, 7) is 0. The van der Waals surface area contributed by atoms with Crippen molar-refractivity contribution in [1.82, 2.24) is 0 Å². The minimum Gasteiger partial charge on any atom is -0.488 e. The Kier molecular flexibility index (Phi) is 3.48. The summed E-state index contributed by atoms with van der Waals surface area (Å²) in [7, 11) is 0. The zero-order valence-corrected chi connectivity index (χ0v) is 9.36. The van der Waals surface area contributed by atoms with Gasteiger partial charge in [0.2, 0.25) is 0 Å². The van der Waals surface area contributed by atoms with Gasteiger partial charge >= 0.3 is 0 Å². The highest BCUT2D eigenvalue weighted by molar-refractivity contribution is 5.37. The van der Waals surface area contributed by atoms with Crippen LogP contribution in [0, 0.1) is 12.3 Å². The summed E-state index contributed by atoms with van der Waals surface area (Å²) in [5.41, 5.74) is 7.37. The van der Waals surface area contributed by atoms with Gasteiger partial charge in [0.15, 0.2) is 0 Å². The molecule has 16 heavy (non-hydrogen) atoms. The Hall–Kier alpha value is -1.46. The molecule has 0 aliphatic carbocycles. The van der Waals surface area contributed by atoms with Crippen molar-refractivity contribution in [1.29, 1.82) is 0 Å². The Morgan fingerprint density at radius 2 is 2.31 bits per heavy atom. The van der Waals surface area contributed by atoms with Gasteiger partial charge in [0, 0.05) is 18.9 Å². The van der Waals surface area contributed by atoms with E-state index in [1.54, 1.807) is 0 Å². The van der Waals surface area contributed by atoms with Crippen LogP contribution in [0.2, 0.25) is 0 Å². The lowest BCUT2D eigenvalue weighted by Crippen LogP contribution is -2.37. The van der Waals surface area contributed by atoms with Crippen molar-refractivity contribution in [3.8, 4) is 18.1 Å². The van der Waals surface area contributed by atoms with Crippen molar-refractivity contribution in [2.45, 2.75) is 37.8 Å². The van der Waals surface area contributed by atoms with Crippen molar-refractivity contribution < 1.29 is 4.74 Å². The van der Waals surface area contributed by atoms with Crippen LogP contribution in [0.25, 0.3) is 0 Å². The van der Waals surface area contributed by atoms with Gasteiger partial charge in [-0.1, -0.05) is 18.2 Å². The molecule has 0 fully saturated rings. The van der Waals surface area contributed by atoms with Gasteiger partial charge in [-0.05, 0) is 24.5 Å². The number of para-hydroxylation sites is 1. The fourth-order valence-corrected chi connectivity index (χ4v) is 2.07. The molecule has 0 saturated carbocycles. The van der Waals surface area contributed by atoms with E-state index in [9.17, 15) is 0 Å². The van der Waals surface area contributed by atoms with Crippen molar-refractivity contribution in [3.63, 3.8) is 0 Å². The first-order chi connectivity index (χ1) is 7.81. The first kappa shape index (κ1) is 11.0. The molecule has 1 aliphatic rings. The highest BCUT2D eigenvalue weighted by atomic mass is 16.5. The average Bonchev–Trinajstić information content (AvgIpc) is 2.73. The van der Waals surface area contributed by atoms with Crippen molar-refractivity contribution >= 4 is 0 Å². The maximum Gasteiger partial charge on any atom is 0.123 e. The lowest BCUT2D eigenvalue weighted by atomic mass is 10.0. The van der Waals surface area contributed by atoms with E-state index in [2.05, 4.69) is 12.0 Å². The molecule has 0 aromatic heterocycles. The number of benzene rings is 1. The monoisotopic (exact) mass is 215 g/mol. The number of fused-ring (bicyclic) bond motifs is 1. The van der Waals surface area contributed by atoms with E-state index in [0.717, 1.165) is 31.4 Å². The summed E-state index contributed by atoms with van der Waals surface area (Å²) in [5, 5.41) is 0. The highest BCUT2D eigenvalue weighted by Gasteiger charge is 2.27. The molecule has 2 unspecified atom stereocenters. The predicted molar refractivity (Wildman–Crippen MR) is 65.2 cm³/mol. The Balaban J connectivity index is 1.88.